The zero-order valence-electron chi connectivity index (χ0n) is 7.90. The smallest absolute Gasteiger partial charge is 0.157 e. The Labute approximate surface area is 92.1 Å². The normalized spacial score (nSPS) is 9.23. The minimum Gasteiger partial charge on any atom is -0.351 e. The molecule has 0 aromatic carbocycles. The van der Waals surface area contributed by atoms with Crippen LogP contribution in [0.15, 0.2) is 0 Å². The summed E-state index contributed by atoms with van der Waals surface area (Å²) in [5.41, 5.74) is 10.5. The van der Waals surface area contributed by atoms with Crippen molar-refractivity contribution < 1.29 is 9.47 Å². The van der Waals surface area contributed by atoms with Gasteiger partial charge in [0.25, 0.3) is 0 Å². The van der Waals surface area contributed by atoms with Gasteiger partial charge in [0.1, 0.15) is 0 Å². The molecule has 0 rings (SSSR count). The summed E-state index contributed by atoms with van der Waals surface area (Å²) in [6.07, 6.45) is 0.696. The van der Waals surface area contributed by atoms with Gasteiger partial charge in [-0.25, -0.2) is 0 Å². The summed E-state index contributed by atoms with van der Waals surface area (Å²) in [6.45, 7) is 4.15. The van der Waals surface area contributed by atoms with E-state index in [-0.39, 0.29) is 31.1 Å². The summed E-state index contributed by atoms with van der Waals surface area (Å²) < 4.78 is 10.5. The van der Waals surface area contributed by atoms with E-state index in [2.05, 4.69) is 0 Å². The van der Waals surface area contributed by atoms with Crippen molar-refractivity contribution in [2.75, 3.05) is 26.3 Å². The SMILES string of the molecule is CCC(OCCN)OCCN.Cl.Cl. The van der Waals surface area contributed by atoms with Crippen molar-refractivity contribution in [2.45, 2.75) is 19.6 Å². The first kappa shape index (κ1) is 19.1. The van der Waals surface area contributed by atoms with Crippen molar-refractivity contribution in [3.05, 3.63) is 0 Å². The molecule has 0 radical (unpaired) electrons. The second kappa shape index (κ2) is 14.9. The van der Waals surface area contributed by atoms with Gasteiger partial charge in [0.2, 0.25) is 0 Å². The molecule has 0 aromatic rings. The lowest BCUT2D eigenvalue weighted by Crippen LogP contribution is -2.23. The summed E-state index contributed by atoms with van der Waals surface area (Å²) in [4.78, 5) is 0. The van der Waals surface area contributed by atoms with E-state index in [1.54, 1.807) is 0 Å². The minimum atomic E-state index is -0.137. The molecule has 0 saturated carbocycles. The van der Waals surface area contributed by atoms with Crippen LogP contribution in [-0.2, 0) is 9.47 Å². The highest BCUT2D eigenvalue weighted by Crippen LogP contribution is 1.98. The van der Waals surface area contributed by atoms with Crippen molar-refractivity contribution in [2.24, 2.45) is 11.5 Å². The number of hydrogen-bond donors (Lipinski definition) is 2. The maximum Gasteiger partial charge on any atom is 0.157 e. The molecule has 0 aliphatic heterocycles. The largest absolute Gasteiger partial charge is 0.351 e. The van der Waals surface area contributed by atoms with E-state index in [4.69, 9.17) is 20.9 Å². The first-order valence-electron chi connectivity index (χ1n) is 3.98. The Kier molecular flexibility index (Phi) is 21.9. The predicted octanol–water partition coefficient (Wildman–Crippen LogP) is 0.517. The standard InChI is InChI=1S/C7H18N2O2.2ClH/c1-2-7(10-5-3-8)11-6-4-9;;/h7H,2-6,8-9H2,1H3;2*1H. The maximum absolute atomic E-state index is 5.25. The van der Waals surface area contributed by atoms with Crippen LogP contribution in [-0.4, -0.2) is 32.6 Å². The van der Waals surface area contributed by atoms with Gasteiger partial charge in [-0.3, -0.25) is 0 Å². The summed E-state index contributed by atoms with van der Waals surface area (Å²) in [7, 11) is 0. The van der Waals surface area contributed by atoms with E-state index >= 15 is 0 Å². The molecule has 0 bridgehead atoms. The van der Waals surface area contributed by atoms with Crippen LogP contribution in [0.3, 0.4) is 0 Å². The minimum absolute atomic E-state index is 0. The van der Waals surface area contributed by atoms with Crippen LogP contribution in [0.4, 0.5) is 0 Å². The molecule has 0 atom stereocenters. The number of rotatable bonds is 7. The van der Waals surface area contributed by atoms with Crippen molar-refractivity contribution >= 4 is 24.8 Å². The van der Waals surface area contributed by atoms with Crippen LogP contribution in [0.5, 0.6) is 0 Å². The average molecular weight is 235 g/mol. The molecule has 0 aliphatic carbocycles. The quantitative estimate of drug-likeness (QED) is 0.631. The number of nitrogens with two attached hydrogens (primary N) is 2. The van der Waals surface area contributed by atoms with Gasteiger partial charge in [0.15, 0.2) is 6.29 Å². The Morgan fingerprint density at radius 2 is 1.38 bits per heavy atom. The number of hydrogen-bond acceptors (Lipinski definition) is 4. The molecule has 0 spiro atoms. The third kappa shape index (κ3) is 12.4. The highest BCUT2D eigenvalue weighted by atomic mass is 35.5. The molecule has 13 heavy (non-hydrogen) atoms. The lowest BCUT2D eigenvalue weighted by molar-refractivity contribution is -0.139. The summed E-state index contributed by atoms with van der Waals surface area (Å²) in [5, 5.41) is 0. The van der Waals surface area contributed by atoms with Gasteiger partial charge in [-0.1, -0.05) is 6.92 Å². The Morgan fingerprint density at radius 1 is 1.00 bits per heavy atom. The van der Waals surface area contributed by atoms with Gasteiger partial charge in [-0.2, -0.15) is 0 Å². The first-order chi connectivity index (χ1) is 5.35. The van der Waals surface area contributed by atoms with Gasteiger partial charge >= 0.3 is 0 Å². The van der Waals surface area contributed by atoms with Crippen LogP contribution < -0.4 is 11.5 Å². The molecule has 84 valence electrons. The molecule has 6 heteroatoms. The van der Waals surface area contributed by atoms with E-state index in [0.717, 1.165) is 6.42 Å². The lowest BCUT2D eigenvalue weighted by Gasteiger charge is -2.15. The van der Waals surface area contributed by atoms with E-state index in [1.807, 2.05) is 6.92 Å². The zero-order valence-corrected chi connectivity index (χ0v) is 9.53. The van der Waals surface area contributed by atoms with Crippen molar-refractivity contribution in [3.8, 4) is 0 Å². The van der Waals surface area contributed by atoms with Gasteiger partial charge in [-0.05, 0) is 6.42 Å². The molecule has 0 aliphatic rings. The van der Waals surface area contributed by atoms with Crippen LogP contribution in [0.25, 0.3) is 0 Å². The Balaban J connectivity index is -0.000000500. The highest BCUT2D eigenvalue weighted by Gasteiger charge is 2.03. The fourth-order valence-electron chi connectivity index (χ4n) is 0.683. The van der Waals surface area contributed by atoms with Crippen LogP contribution in [0.2, 0.25) is 0 Å². The number of ether oxygens (including phenoxy) is 2. The van der Waals surface area contributed by atoms with Crippen molar-refractivity contribution in [3.63, 3.8) is 0 Å². The van der Waals surface area contributed by atoms with Crippen molar-refractivity contribution in [1.82, 2.24) is 0 Å². The first-order valence-corrected chi connectivity index (χ1v) is 3.98. The van der Waals surface area contributed by atoms with E-state index in [0.29, 0.717) is 26.3 Å². The van der Waals surface area contributed by atoms with E-state index in [9.17, 15) is 0 Å². The molecule has 4 nitrogen and oxygen atoms in total. The molecule has 0 aromatic heterocycles. The van der Waals surface area contributed by atoms with E-state index in [1.165, 1.54) is 0 Å². The van der Waals surface area contributed by atoms with E-state index < -0.39 is 0 Å². The lowest BCUT2D eigenvalue weighted by atomic mass is 10.5. The summed E-state index contributed by atoms with van der Waals surface area (Å²) in [6, 6.07) is 0. The van der Waals surface area contributed by atoms with Crippen LogP contribution in [0, 0.1) is 0 Å². The fourth-order valence-corrected chi connectivity index (χ4v) is 0.683. The van der Waals surface area contributed by atoms with Crippen molar-refractivity contribution in [1.29, 1.82) is 0 Å². The number of halogens is 2. The molecular weight excluding hydrogens is 215 g/mol. The fraction of sp³-hybridized carbons (Fsp3) is 1.00. The van der Waals surface area contributed by atoms with Gasteiger partial charge in [-0.15, -0.1) is 24.8 Å². The Hall–Kier alpha value is 0.420. The molecule has 4 N–H and O–H groups in total. The van der Waals surface area contributed by atoms with Gasteiger partial charge in [0.05, 0.1) is 13.2 Å². The molecule has 0 amide bonds. The topological polar surface area (TPSA) is 70.5 Å². The maximum atomic E-state index is 5.25. The second-order valence-electron chi connectivity index (χ2n) is 2.16. The molecule has 0 unspecified atom stereocenters. The average Bonchev–Trinajstić information content (AvgIpc) is 2.05. The van der Waals surface area contributed by atoms with Crippen LogP contribution >= 0.6 is 24.8 Å². The monoisotopic (exact) mass is 234 g/mol. The highest BCUT2D eigenvalue weighted by molar-refractivity contribution is 5.85. The summed E-state index contributed by atoms with van der Waals surface area (Å²) in [5.74, 6) is 0. The zero-order chi connectivity index (χ0) is 8.53. The third-order valence-corrected chi connectivity index (χ3v) is 1.18. The Morgan fingerprint density at radius 3 is 1.62 bits per heavy atom. The Bertz CT molecular complexity index is 80.9. The van der Waals surface area contributed by atoms with Gasteiger partial charge < -0.3 is 20.9 Å². The third-order valence-electron chi connectivity index (χ3n) is 1.18. The van der Waals surface area contributed by atoms with Gasteiger partial charge in [0, 0.05) is 13.1 Å². The molecule has 0 heterocycles. The molecular formula is C7H20Cl2N2O2. The van der Waals surface area contributed by atoms with Crippen LogP contribution in [0.1, 0.15) is 13.3 Å². The molecule has 0 saturated heterocycles. The second-order valence-corrected chi connectivity index (χ2v) is 2.16. The predicted molar refractivity (Wildman–Crippen MR) is 58.6 cm³/mol. The summed E-state index contributed by atoms with van der Waals surface area (Å²) >= 11 is 0. The molecule has 0 fully saturated rings.